The van der Waals surface area contributed by atoms with Gasteiger partial charge in [0.2, 0.25) is 0 Å². The van der Waals surface area contributed by atoms with E-state index in [0.717, 1.165) is 18.9 Å². The van der Waals surface area contributed by atoms with E-state index in [-0.39, 0.29) is 0 Å². The minimum Gasteiger partial charge on any atom is -0.465 e. The van der Waals surface area contributed by atoms with Gasteiger partial charge in [0.1, 0.15) is 11.6 Å². The average Bonchev–Trinajstić information content (AvgIpc) is 1.99. The van der Waals surface area contributed by atoms with Gasteiger partial charge in [-0.05, 0) is 18.6 Å². The van der Waals surface area contributed by atoms with Crippen LogP contribution >= 0.6 is 0 Å². The van der Waals surface area contributed by atoms with Crippen LogP contribution in [0.1, 0.15) is 6.42 Å². The number of nitrogens with one attached hydrogen (secondary N) is 1. The fourth-order valence-electron chi connectivity index (χ4n) is 1.32. The molecule has 0 atom stereocenters. The van der Waals surface area contributed by atoms with E-state index >= 15 is 0 Å². The first-order valence-corrected chi connectivity index (χ1v) is 4.48. The van der Waals surface area contributed by atoms with Crippen molar-refractivity contribution in [3.8, 4) is 0 Å². The summed E-state index contributed by atoms with van der Waals surface area (Å²) in [5.74, 6) is 1.21. The molecule has 0 bridgehead atoms. The van der Waals surface area contributed by atoms with Crippen LogP contribution in [0.4, 0.5) is 16.4 Å². The largest absolute Gasteiger partial charge is 0.465 e. The number of aromatic nitrogens is 1. The third-order valence-electron chi connectivity index (χ3n) is 2.15. The lowest BCUT2D eigenvalue weighted by Crippen LogP contribution is -2.37. The molecule has 5 heteroatoms. The molecule has 0 saturated carbocycles. The van der Waals surface area contributed by atoms with Crippen molar-refractivity contribution in [2.75, 3.05) is 23.3 Å². The third kappa shape index (κ3) is 1.76. The zero-order chi connectivity index (χ0) is 9.97. The minimum atomic E-state index is -1.08. The van der Waals surface area contributed by atoms with Gasteiger partial charge in [-0.2, -0.15) is 0 Å². The Hall–Kier alpha value is -1.78. The van der Waals surface area contributed by atoms with Gasteiger partial charge in [0, 0.05) is 13.1 Å². The number of rotatable bonds is 2. The maximum atomic E-state index is 10.4. The molecule has 0 aromatic carbocycles. The molecule has 1 aliphatic heterocycles. The first kappa shape index (κ1) is 8.80. The number of nitrogens with zero attached hydrogens (tertiary/aromatic N) is 2. The summed E-state index contributed by atoms with van der Waals surface area (Å²) < 4.78 is 0. The maximum absolute atomic E-state index is 10.4. The van der Waals surface area contributed by atoms with Gasteiger partial charge in [0.05, 0.1) is 0 Å². The second-order valence-electron chi connectivity index (χ2n) is 3.15. The zero-order valence-electron chi connectivity index (χ0n) is 7.60. The summed E-state index contributed by atoms with van der Waals surface area (Å²) in [6.07, 6.45) is 0.0939. The predicted octanol–water partition coefficient (Wildman–Crippen LogP) is 1.38. The second kappa shape index (κ2) is 3.53. The predicted molar refractivity (Wildman–Crippen MR) is 52.7 cm³/mol. The van der Waals surface area contributed by atoms with E-state index in [4.69, 9.17) is 5.11 Å². The smallest absolute Gasteiger partial charge is 0.410 e. The van der Waals surface area contributed by atoms with Crippen molar-refractivity contribution < 1.29 is 9.90 Å². The van der Waals surface area contributed by atoms with Gasteiger partial charge >= 0.3 is 6.09 Å². The highest BCUT2D eigenvalue weighted by Gasteiger charge is 2.15. The Kier molecular flexibility index (Phi) is 2.22. The van der Waals surface area contributed by atoms with Crippen LogP contribution in [0, 0.1) is 0 Å². The molecule has 1 amide bonds. The highest BCUT2D eigenvalue weighted by atomic mass is 16.4. The summed E-state index contributed by atoms with van der Waals surface area (Å²) in [5, 5.41) is 10.7. The van der Waals surface area contributed by atoms with Crippen molar-refractivity contribution in [2.24, 2.45) is 0 Å². The van der Waals surface area contributed by atoms with Gasteiger partial charge in [-0.25, -0.2) is 9.78 Å². The fraction of sp³-hybridized carbons (Fsp3) is 0.333. The van der Waals surface area contributed by atoms with Crippen LogP contribution in [-0.4, -0.2) is 29.3 Å². The number of hydrogen-bond donors (Lipinski definition) is 2. The number of carbonyl (C=O) groups is 1. The Balaban J connectivity index is 2.13. The molecule has 2 N–H and O–H groups in total. The van der Waals surface area contributed by atoms with Crippen LogP contribution in [0.25, 0.3) is 0 Å². The SMILES string of the molecule is O=C(O)Nc1cccc(N2CCC2)n1. The van der Waals surface area contributed by atoms with Crippen LogP contribution in [0.5, 0.6) is 0 Å². The lowest BCUT2D eigenvalue weighted by Gasteiger charge is -2.32. The number of pyridine rings is 1. The Morgan fingerprint density at radius 2 is 2.29 bits per heavy atom. The van der Waals surface area contributed by atoms with Gasteiger partial charge in [-0.3, -0.25) is 5.32 Å². The molecule has 1 saturated heterocycles. The molecule has 0 unspecified atom stereocenters. The topological polar surface area (TPSA) is 65.5 Å². The van der Waals surface area contributed by atoms with Crippen molar-refractivity contribution in [3.63, 3.8) is 0 Å². The molecule has 2 heterocycles. The highest BCUT2D eigenvalue weighted by Crippen LogP contribution is 2.19. The fourth-order valence-corrected chi connectivity index (χ4v) is 1.32. The Morgan fingerprint density at radius 1 is 1.50 bits per heavy atom. The number of anilines is 2. The van der Waals surface area contributed by atoms with Crippen molar-refractivity contribution in [1.82, 2.24) is 4.98 Å². The van der Waals surface area contributed by atoms with Gasteiger partial charge in [-0.15, -0.1) is 0 Å². The Morgan fingerprint density at radius 3 is 2.86 bits per heavy atom. The van der Waals surface area contributed by atoms with E-state index in [2.05, 4.69) is 15.2 Å². The van der Waals surface area contributed by atoms with Crippen molar-refractivity contribution in [1.29, 1.82) is 0 Å². The number of hydrogen-bond acceptors (Lipinski definition) is 3. The molecular formula is C9H11N3O2. The van der Waals surface area contributed by atoms with Crippen molar-refractivity contribution >= 4 is 17.7 Å². The molecule has 0 radical (unpaired) electrons. The van der Waals surface area contributed by atoms with Crippen LogP contribution in [0.15, 0.2) is 18.2 Å². The standard InChI is InChI=1S/C9H11N3O2/c13-9(14)11-7-3-1-4-8(10-7)12-5-2-6-12/h1,3-4H,2,5-6H2,(H,10,11)(H,13,14). The van der Waals surface area contributed by atoms with Crippen LogP contribution in [-0.2, 0) is 0 Å². The first-order chi connectivity index (χ1) is 6.75. The number of carboxylic acid groups (broad SMARTS) is 1. The molecule has 1 aromatic heterocycles. The Bertz CT molecular complexity index is 350. The van der Waals surface area contributed by atoms with Crippen molar-refractivity contribution in [2.45, 2.75) is 6.42 Å². The normalized spacial score (nSPS) is 14.7. The summed E-state index contributed by atoms with van der Waals surface area (Å²) >= 11 is 0. The van der Waals surface area contributed by atoms with E-state index in [1.165, 1.54) is 6.42 Å². The Labute approximate surface area is 81.4 Å². The molecule has 1 aliphatic rings. The molecular weight excluding hydrogens is 182 g/mol. The summed E-state index contributed by atoms with van der Waals surface area (Å²) in [4.78, 5) is 16.6. The monoisotopic (exact) mass is 193 g/mol. The van der Waals surface area contributed by atoms with E-state index in [9.17, 15) is 4.79 Å². The molecule has 74 valence electrons. The van der Waals surface area contributed by atoms with E-state index in [1.54, 1.807) is 12.1 Å². The van der Waals surface area contributed by atoms with Crippen LogP contribution in [0.3, 0.4) is 0 Å². The van der Waals surface area contributed by atoms with Gasteiger partial charge < -0.3 is 10.0 Å². The molecule has 2 rings (SSSR count). The third-order valence-corrected chi connectivity index (χ3v) is 2.15. The minimum absolute atomic E-state index is 0.377. The van der Waals surface area contributed by atoms with Crippen LogP contribution < -0.4 is 10.2 Å². The maximum Gasteiger partial charge on any atom is 0.410 e. The average molecular weight is 193 g/mol. The molecule has 0 spiro atoms. The van der Waals surface area contributed by atoms with E-state index in [1.807, 2.05) is 6.07 Å². The summed E-state index contributed by atoms with van der Waals surface area (Å²) in [6.45, 7) is 2.01. The molecule has 5 nitrogen and oxygen atoms in total. The highest BCUT2D eigenvalue weighted by molar-refractivity contribution is 5.81. The molecule has 0 aliphatic carbocycles. The van der Waals surface area contributed by atoms with Gasteiger partial charge in [0.25, 0.3) is 0 Å². The van der Waals surface area contributed by atoms with Gasteiger partial charge in [-0.1, -0.05) is 6.07 Å². The van der Waals surface area contributed by atoms with Crippen molar-refractivity contribution in [3.05, 3.63) is 18.2 Å². The quantitative estimate of drug-likeness (QED) is 0.744. The molecule has 1 fully saturated rings. The number of amides is 1. The lowest BCUT2D eigenvalue weighted by atomic mass is 10.2. The molecule has 14 heavy (non-hydrogen) atoms. The summed E-state index contributed by atoms with van der Waals surface area (Å²) in [7, 11) is 0. The zero-order valence-corrected chi connectivity index (χ0v) is 7.60. The van der Waals surface area contributed by atoms with Gasteiger partial charge in [0.15, 0.2) is 0 Å². The summed E-state index contributed by atoms with van der Waals surface area (Å²) in [5.41, 5.74) is 0. The summed E-state index contributed by atoms with van der Waals surface area (Å²) in [6, 6.07) is 5.32. The first-order valence-electron chi connectivity index (χ1n) is 4.48. The van der Waals surface area contributed by atoms with Crippen LogP contribution in [0.2, 0.25) is 0 Å². The molecule has 1 aromatic rings. The lowest BCUT2D eigenvalue weighted by molar-refractivity contribution is 0.209. The van der Waals surface area contributed by atoms with E-state index < -0.39 is 6.09 Å². The van der Waals surface area contributed by atoms with E-state index in [0.29, 0.717) is 5.82 Å². The second-order valence-corrected chi connectivity index (χ2v) is 3.15.